The van der Waals surface area contributed by atoms with Crippen molar-refractivity contribution < 1.29 is 4.74 Å². The SMILES string of the molecule is CCc1nn(C)c(OC)c1CNc1nc2ccccn2c1C#N. The molecule has 3 aromatic rings. The van der Waals surface area contributed by atoms with Gasteiger partial charge >= 0.3 is 0 Å². The lowest BCUT2D eigenvalue weighted by molar-refractivity contribution is 0.369. The standard InChI is InChI=1S/C16H18N6O/c1-4-12-11(16(23-3)21(2)20-12)10-18-15-13(9-17)22-8-6-5-7-14(22)19-15/h5-8,18H,4,10H2,1-3H3. The van der Waals surface area contributed by atoms with Crippen molar-refractivity contribution in [3.8, 4) is 11.9 Å². The third-order valence-electron chi connectivity index (χ3n) is 3.77. The highest BCUT2D eigenvalue weighted by molar-refractivity contribution is 5.59. The number of aryl methyl sites for hydroxylation is 2. The number of nitrogens with zero attached hydrogens (tertiary/aromatic N) is 5. The lowest BCUT2D eigenvalue weighted by atomic mass is 10.2. The third-order valence-corrected chi connectivity index (χ3v) is 3.77. The van der Waals surface area contributed by atoms with E-state index in [0.29, 0.717) is 18.1 Å². The van der Waals surface area contributed by atoms with Crippen molar-refractivity contribution in [1.29, 1.82) is 5.26 Å². The van der Waals surface area contributed by atoms with Gasteiger partial charge in [-0.1, -0.05) is 13.0 Å². The van der Waals surface area contributed by atoms with E-state index in [0.717, 1.165) is 29.2 Å². The molecule has 118 valence electrons. The summed E-state index contributed by atoms with van der Waals surface area (Å²) < 4.78 is 8.93. The molecule has 0 bridgehead atoms. The Balaban J connectivity index is 1.94. The Labute approximate surface area is 134 Å². The Kier molecular flexibility index (Phi) is 3.89. The molecule has 3 rings (SSSR count). The number of ether oxygens (including phenoxy) is 1. The van der Waals surface area contributed by atoms with Gasteiger partial charge in [0.05, 0.1) is 18.4 Å². The second-order valence-electron chi connectivity index (χ2n) is 5.11. The maximum absolute atomic E-state index is 9.42. The van der Waals surface area contributed by atoms with Crippen LogP contribution in [0.4, 0.5) is 5.82 Å². The Hall–Kier alpha value is -3.01. The Bertz CT molecular complexity index is 886. The second kappa shape index (κ2) is 6.01. The van der Waals surface area contributed by atoms with Crippen molar-refractivity contribution in [2.75, 3.05) is 12.4 Å². The van der Waals surface area contributed by atoms with E-state index < -0.39 is 0 Å². The van der Waals surface area contributed by atoms with E-state index in [1.54, 1.807) is 16.2 Å². The fraction of sp³-hybridized carbons (Fsp3) is 0.312. The maximum atomic E-state index is 9.42. The smallest absolute Gasteiger partial charge is 0.216 e. The fourth-order valence-corrected chi connectivity index (χ4v) is 2.72. The molecule has 0 aliphatic heterocycles. The first kappa shape index (κ1) is 14.9. The van der Waals surface area contributed by atoms with Crippen LogP contribution in [-0.4, -0.2) is 26.3 Å². The number of nitrogens with one attached hydrogen (secondary N) is 1. The summed E-state index contributed by atoms with van der Waals surface area (Å²) in [5, 5.41) is 17.1. The molecule has 7 heteroatoms. The molecule has 0 saturated heterocycles. The third kappa shape index (κ3) is 2.48. The molecule has 0 unspecified atom stereocenters. The van der Waals surface area contributed by atoms with Crippen LogP contribution in [0.1, 0.15) is 23.9 Å². The van der Waals surface area contributed by atoms with Crippen LogP contribution < -0.4 is 10.1 Å². The highest BCUT2D eigenvalue weighted by Crippen LogP contribution is 2.24. The first-order valence-electron chi connectivity index (χ1n) is 7.39. The van der Waals surface area contributed by atoms with Gasteiger partial charge in [-0.3, -0.25) is 4.40 Å². The average molecular weight is 310 g/mol. The van der Waals surface area contributed by atoms with Crippen LogP contribution in [0.3, 0.4) is 0 Å². The first-order chi connectivity index (χ1) is 11.2. The van der Waals surface area contributed by atoms with Gasteiger partial charge in [0, 0.05) is 19.8 Å². The van der Waals surface area contributed by atoms with E-state index in [2.05, 4.69) is 28.4 Å². The highest BCUT2D eigenvalue weighted by atomic mass is 16.5. The number of hydrogen-bond donors (Lipinski definition) is 1. The summed E-state index contributed by atoms with van der Waals surface area (Å²) in [6, 6.07) is 7.84. The van der Waals surface area contributed by atoms with Crippen molar-refractivity contribution >= 4 is 11.5 Å². The summed E-state index contributed by atoms with van der Waals surface area (Å²) in [5.41, 5.74) is 3.18. The summed E-state index contributed by atoms with van der Waals surface area (Å²) in [5.74, 6) is 1.28. The van der Waals surface area contributed by atoms with E-state index in [1.807, 2.05) is 31.4 Å². The molecule has 0 aliphatic carbocycles. The summed E-state index contributed by atoms with van der Waals surface area (Å²) in [6.07, 6.45) is 2.64. The van der Waals surface area contributed by atoms with E-state index in [4.69, 9.17) is 4.74 Å². The topological polar surface area (TPSA) is 80.2 Å². The molecule has 3 heterocycles. The van der Waals surface area contributed by atoms with E-state index >= 15 is 0 Å². The van der Waals surface area contributed by atoms with E-state index in [9.17, 15) is 5.26 Å². The molecule has 1 N–H and O–H groups in total. The second-order valence-corrected chi connectivity index (χ2v) is 5.11. The molecular formula is C16H18N6O. The number of imidazole rings is 1. The molecule has 23 heavy (non-hydrogen) atoms. The number of pyridine rings is 1. The van der Waals surface area contributed by atoms with Gasteiger partial charge in [-0.05, 0) is 18.6 Å². The zero-order valence-corrected chi connectivity index (χ0v) is 13.4. The molecular weight excluding hydrogens is 292 g/mol. The van der Waals surface area contributed by atoms with Crippen molar-refractivity contribution in [3.05, 3.63) is 41.3 Å². The van der Waals surface area contributed by atoms with E-state index in [1.165, 1.54) is 0 Å². The summed E-state index contributed by atoms with van der Waals surface area (Å²) in [6.45, 7) is 2.55. The summed E-state index contributed by atoms with van der Waals surface area (Å²) in [7, 11) is 3.48. The van der Waals surface area contributed by atoms with Crippen LogP contribution in [0.15, 0.2) is 24.4 Å². The summed E-state index contributed by atoms with van der Waals surface area (Å²) >= 11 is 0. The predicted octanol–water partition coefficient (Wildman–Crippen LogP) is 2.12. The Morgan fingerprint density at radius 3 is 2.91 bits per heavy atom. The average Bonchev–Trinajstić information content (AvgIpc) is 3.08. The van der Waals surface area contributed by atoms with Gasteiger partial charge in [0.2, 0.25) is 5.88 Å². The van der Waals surface area contributed by atoms with Crippen molar-refractivity contribution in [2.24, 2.45) is 7.05 Å². The predicted molar refractivity (Wildman–Crippen MR) is 86.4 cm³/mol. The normalized spacial score (nSPS) is 10.7. The largest absolute Gasteiger partial charge is 0.481 e. The van der Waals surface area contributed by atoms with Gasteiger partial charge in [-0.2, -0.15) is 10.4 Å². The number of nitriles is 1. The lowest BCUT2D eigenvalue weighted by Gasteiger charge is -2.07. The molecule has 0 aromatic carbocycles. The zero-order valence-electron chi connectivity index (χ0n) is 13.4. The van der Waals surface area contributed by atoms with Gasteiger partial charge in [-0.15, -0.1) is 0 Å². The van der Waals surface area contributed by atoms with E-state index in [-0.39, 0.29) is 0 Å². The van der Waals surface area contributed by atoms with Crippen LogP contribution in [0.5, 0.6) is 5.88 Å². The van der Waals surface area contributed by atoms with Crippen molar-refractivity contribution in [3.63, 3.8) is 0 Å². The number of methoxy groups -OCH3 is 1. The van der Waals surface area contributed by atoms with Gasteiger partial charge in [-0.25, -0.2) is 9.67 Å². The number of hydrogen-bond acceptors (Lipinski definition) is 5. The molecule has 0 fully saturated rings. The Morgan fingerprint density at radius 1 is 1.39 bits per heavy atom. The Morgan fingerprint density at radius 2 is 2.22 bits per heavy atom. The lowest BCUT2D eigenvalue weighted by Crippen LogP contribution is -2.05. The highest BCUT2D eigenvalue weighted by Gasteiger charge is 2.17. The molecule has 0 amide bonds. The number of aromatic nitrogens is 4. The molecule has 3 aromatic heterocycles. The van der Waals surface area contributed by atoms with Gasteiger partial charge < -0.3 is 10.1 Å². The van der Waals surface area contributed by atoms with Crippen LogP contribution in [0, 0.1) is 11.3 Å². The summed E-state index contributed by atoms with van der Waals surface area (Å²) in [4.78, 5) is 4.48. The molecule has 0 aliphatic rings. The zero-order chi connectivity index (χ0) is 16.4. The first-order valence-corrected chi connectivity index (χ1v) is 7.39. The minimum absolute atomic E-state index is 0.488. The number of anilines is 1. The van der Waals surface area contributed by atoms with Crippen LogP contribution in [-0.2, 0) is 20.0 Å². The van der Waals surface area contributed by atoms with Crippen LogP contribution >= 0.6 is 0 Å². The van der Waals surface area contributed by atoms with Crippen molar-refractivity contribution in [2.45, 2.75) is 19.9 Å². The molecule has 0 radical (unpaired) electrons. The minimum Gasteiger partial charge on any atom is -0.481 e. The van der Waals surface area contributed by atoms with Gasteiger partial charge in [0.15, 0.2) is 11.5 Å². The number of rotatable bonds is 5. The van der Waals surface area contributed by atoms with Gasteiger partial charge in [0.1, 0.15) is 11.7 Å². The van der Waals surface area contributed by atoms with Crippen LogP contribution in [0.25, 0.3) is 5.65 Å². The quantitative estimate of drug-likeness (QED) is 0.781. The van der Waals surface area contributed by atoms with Gasteiger partial charge in [0.25, 0.3) is 0 Å². The van der Waals surface area contributed by atoms with Crippen molar-refractivity contribution in [1.82, 2.24) is 19.2 Å². The number of fused-ring (bicyclic) bond motifs is 1. The maximum Gasteiger partial charge on any atom is 0.216 e. The molecule has 0 spiro atoms. The van der Waals surface area contributed by atoms with Crippen LogP contribution in [0.2, 0.25) is 0 Å². The fourth-order valence-electron chi connectivity index (χ4n) is 2.72. The molecule has 7 nitrogen and oxygen atoms in total. The molecule has 0 atom stereocenters. The minimum atomic E-state index is 0.488. The molecule has 0 saturated carbocycles. The monoisotopic (exact) mass is 310 g/mol.